The summed E-state index contributed by atoms with van der Waals surface area (Å²) in [7, 11) is 0. The maximum atomic E-state index is 12.2. The van der Waals surface area contributed by atoms with E-state index in [2.05, 4.69) is 39.0 Å². The molecule has 2 aromatic carbocycles. The first kappa shape index (κ1) is 22.4. The molecule has 2 aromatic rings. The smallest absolute Gasteiger partial charge is 0.339 e. The van der Waals surface area contributed by atoms with E-state index in [0.717, 1.165) is 31.5 Å². The van der Waals surface area contributed by atoms with Gasteiger partial charge in [-0.25, -0.2) is 10.2 Å². The quantitative estimate of drug-likeness (QED) is 0.443. The summed E-state index contributed by atoms with van der Waals surface area (Å²) in [5.41, 5.74) is 7.80. The van der Waals surface area contributed by atoms with E-state index in [1.54, 1.807) is 24.4 Å². The number of anilines is 1. The Morgan fingerprint density at radius 3 is 2.56 bits per heavy atom. The van der Waals surface area contributed by atoms with Crippen LogP contribution in [0.15, 0.2) is 70.5 Å². The van der Waals surface area contributed by atoms with Gasteiger partial charge in [-0.05, 0) is 53.8 Å². The van der Waals surface area contributed by atoms with Crippen LogP contribution < -0.4 is 10.7 Å². The van der Waals surface area contributed by atoms with E-state index in [-0.39, 0.29) is 0 Å². The minimum Gasteiger partial charge on any atom is -0.378 e. The predicted octanol–water partition coefficient (Wildman–Crippen LogP) is 5.56. The molecular weight excluding hydrogens is 447 g/mol. The van der Waals surface area contributed by atoms with Crippen LogP contribution in [0.3, 0.4) is 0 Å². The maximum Gasteiger partial charge on any atom is 0.339 e. The van der Waals surface area contributed by atoms with Gasteiger partial charge in [-0.3, -0.25) is 0 Å². The van der Waals surface area contributed by atoms with Crippen LogP contribution in [0.5, 0.6) is 0 Å². The minimum atomic E-state index is -0.453. The number of ether oxygens (including phenoxy) is 1. The topological polar surface area (TPSA) is 66.0 Å². The molecule has 8 heteroatoms. The first-order valence-electron chi connectivity index (χ1n) is 10.5. The summed E-state index contributed by atoms with van der Waals surface area (Å²) in [5.74, 6) is 0. The average molecular weight is 471 g/mol. The molecular formula is C24H24Cl2N4O2. The maximum absolute atomic E-state index is 12.2. The normalized spacial score (nSPS) is 17.9. The van der Waals surface area contributed by atoms with Gasteiger partial charge in [0, 0.05) is 24.5 Å². The lowest BCUT2D eigenvalue weighted by atomic mass is 10.1. The van der Waals surface area contributed by atoms with Crippen molar-refractivity contribution >= 4 is 47.2 Å². The molecule has 4 rings (SSSR count). The summed E-state index contributed by atoms with van der Waals surface area (Å²) in [5, 5.41) is 7.68. The molecule has 2 N–H and O–H groups in total. The number of nitrogens with zero attached hydrogens (tertiary/aromatic N) is 2. The zero-order valence-corrected chi connectivity index (χ0v) is 19.0. The Kier molecular flexibility index (Phi) is 7.47. The number of urea groups is 1. The number of hydrazone groups is 1. The van der Waals surface area contributed by atoms with Crippen molar-refractivity contribution in [2.75, 3.05) is 31.6 Å². The molecule has 0 aromatic heterocycles. The molecule has 0 spiro atoms. The fourth-order valence-electron chi connectivity index (χ4n) is 3.82. The lowest BCUT2D eigenvalue weighted by Gasteiger charge is -2.31. The highest BCUT2D eigenvalue weighted by Gasteiger charge is 2.25. The number of morpholine rings is 1. The first-order valence-corrected chi connectivity index (χ1v) is 11.2. The molecule has 0 radical (unpaired) electrons. The molecule has 1 heterocycles. The van der Waals surface area contributed by atoms with Crippen LogP contribution in [0, 0.1) is 0 Å². The SMILES string of the molecule is O=C(N/N=C/C1=C(N2CCOCC2)C(=C/c2ccccc2)/CC1)Nc1ccc(Cl)c(Cl)c1. The van der Waals surface area contributed by atoms with E-state index in [9.17, 15) is 4.79 Å². The summed E-state index contributed by atoms with van der Waals surface area (Å²) in [6, 6.07) is 14.7. The van der Waals surface area contributed by atoms with Gasteiger partial charge < -0.3 is 15.0 Å². The lowest BCUT2D eigenvalue weighted by Crippen LogP contribution is -2.36. The van der Waals surface area contributed by atoms with E-state index in [0.29, 0.717) is 28.9 Å². The number of carbonyl (C=O) groups excluding carboxylic acids is 1. The van der Waals surface area contributed by atoms with Crippen LogP contribution in [-0.4, -0.2) is 43.4 Å². The van der Waals surface area contributed by atoms with E-state index in [1.807, 2.05) is 18.2 Å². The molecule has 1 saturated heterocycles. The van der Waals surface area contributed by atoms with Crippen molar-refractivity contribution in [1.29, 1.82) is 0 Å². The number of hydrogen-bond donors (Lipinski definition) is 2. The van der Waals surface area contributed by atoms with Gasteiger partial charge in [0.05, 0.1) is 29.5 Å². The van der Waals surface area contributed by atoms with Crippen molar-refractivity contribution < 1.29 is 9.53 Å². The van der Waals surface area contributed by atoms with Gasteiger partial charge in [0.25, 0.3) is 0 Å². The second kappa shape index (κ2) is 10.7. The van der Waals surface area contributed by atoms with Gasteiger partial charge in [-0.2, -0.15) is 5.10 Å². The van der Waals surface area contributed by atoms with Crippen LogP contribution in [0.25, 0.3) is 6.08 Å². The number of carbonyl (C=O) groups is 1. The van der Waals surface area contributed by atoms with Gasteiger partial charge in [-0.1, -0.05) is 53.5 Å². The molecule has 1 aliphatic carbocycles. The number of halogens is 2. The molecule has 0 atom stereocenters. The molecule has 1 fully saturated rings. The van der Waals surface area contributed by atoms with Crippen molar-refractivity contribution in [1.82, 2.24) is 10.3 Å². The fraction of sp³-hybridized carbons (Fsp3) is 0.250. The molecule has 0 bridgehead atoms. The highest BCUT2D eigenvalue weighted by Crippen LogP contribution is 2.35. The third-order valence-electron chi connectivity index (χ3n) is 5.30. The highest BCUT2D eigenvalue weighted by molar-refractivity contribution is 6.42. The summed E-state index contributed by atoms with van der Waals surface area (Å²) in [6.45, 7) is 3.09. The Morgan fingerprint density at radius 2 is 1.81 bits per heavy atom. The summed E-state index contributed by atoms with van der Waals surface area (Å²) in [4.78, 5) is 14.6. The van der Waals surface area contributed by atoms with Gasteiger partial charge in [0.1, 0.15) is 0 Å². The molecule has 2 amide bonds. The Bertz CT molecular complexity index is 1060. The highest BCUT2D eigenvalue weighted by atomic mass is 35.5. The predicted molar refractivity (Wildman–Crippen MR) is 130 cm³/mol. The van der Waals surface area contributed by atoms with Crippen LogP contribution in [0.2, 0.25) is 10.0 Å². The first-order chi connectivity index (χ1) is 15.6. The molecule has 2 aliphatic rings. The number of amides is 2. The van der Waals surface area contributed by atoms with Gasteiger partial charge in [0.2, 0.25) is 0 Å². The molecule has 166 valence electrons. The third-order valence-corrected chi connectivity index (χ3v) is 6.04. The third kappa shape index (κ3) is 5.71. The van der Waals surface area contributed by atoms with Crippen molar-refractivity contribution in [3.05, 3.63) is 81.0 Å². The number of nitrogens with one attached hydrogen (secondary N) is 2. The number of allylic oxidation sites excluding steroid dienone is 2. The Balaban J connectivity index is 1.49. The number of hydrogen-bond acceptors (Lipinski definition) is 4. The molecule has 6 nitrogen and oxygen atoms in total. The zero-order valence-electron chi connectivity index (χ0n) is 17.5. The largest absolute Gasteiger partial charge is 0.378 e. The van der Waals surface area contributed by atoms with Crippen molar-refractivity contribution in [2.45, 2.75) is 12.8 Å². The van der Waals surface area contributed by atoms with Crippen LogP contribution in [0.1, 0.15) is 18.4 Å². The van der Waals surface area contributed by atoms with Crippen LogP contribution >= 0.6 is 23.2 Å². The zero-order chi connectivity index (χ0) is 22.3. The monoisotopic (exact) mass is 470 g/mol. The number of benzene rings is 2. The molecule has 0 saturated carbocycles. The number of rotatable bonds is 5. The Morgan fingerprint density at radius 1 is 1.03 bits per heavy atom. The Hall–Kier alpha value is -2.80. The Labute approximate surface area is 197 Å². The standard InChI is InChI=1S/C24H24Cl2N4O2/c25-21-9-8-20(15-22(21)26)28-24(31)29-27-16-19-7-6-18(14-17-4-2-1-3-5-17)23(19)30-10-12-32-13-11-30/h1-5,8-9,14-16H,6-7,10-13H2,(H2,28,29,31)/b18-14+,27-16+. The average Bonchev–Trinajstić information content (AvgIpc) is 3.20. The van der Waals surface area contributed by atoms with Crippen molar-refractivity contribution in [3.63, 3.8) is 0 Å². The van der Waals surface area contributed by atoms with E-state index in [4.69, 9.17) is 27.9 Å². The minimum absolute atomic E-state index is 0.372. The van der Waals surface area contributed by atoms with Gasteiger partial charge in [0.15, 0.2) is 0 Å². The van der Waals surface area contributed by atoms with Gasteiger partial charge >= 0.3 is 6.03 Å². The second-order valence-corrected chi connectivity index (χ2v) is 8.32. The summed E-state index contributed by atoms with van der Waals surface area (Å²) >= 11 is 11.9. The summed E-state index contributed by atoms with van der Waals surface area (Å²) in [6.07, 6.45) is 5.77. The van der Waals surface area contributed by atoms with Crippen molar-refractivity contribution in [3.8, 4) is 0 Å². The van der Waals surface area contributed by atoms with Gasteiger partial charge in [-0.15, -0.1) is 0 Å². The fourth-order valence-corrected chi connectivity index (χ4v) is 4.12. The van der Waals surface area contributed by atoms with Crippen molar-refractivity contribution in [2.24, 2.45) is 5.10 Å². The van der Waals surface area contributed by atoms with Crippen LogP contribution in [-0.2, 0) is 4.74 Å². The molecule has 1 aliphatic heterocycles. The molecule has 0 unspecified atom stereocenters. The van der Waals surface area contributed by atoms with E-state index < -0.39 is 6.03 Å². The second-order valence-electron chi connectivity index (χ2n) is 7.51. The summed E-state index contributed by atoms with van der Waals surface area (Å²) < 4.78 is 5.53. The lowest BCUT2D eigenvalue weighted by molar-refractivity contribution is 0.0548. The molecule has 32 heavy (non-hydrogen) atoms. The van der Waals surface area contributed by atoms with Crippen LogP contribution in [0.4, 0.5) is 10.5 Å². The van der Waals surface area contributed by atoms with E-state index in [1.165, 1.54) is 16.8 Å². The van der Waals surface area contributed by atoms with E-state index >= 15 is 0 Å².